The topological polar surface area (TPSA) is 90.6 Å². The molecule has 0 amide bonds. The number of imidazole rings is 1. The van der Waals surface area contributed by atoms with Crippen molar-refractivity contribution in [2.75, 3.05) is 11.9 Å². The second kappa shape index (κ2) is 7.17. The summed E-state index contributed by atoms with van der Waals surface area (Å²) in [5.41, 5.74) is 4.21. The molecule has 9 heteroatoms. The Balaban J connectivity index is 1.49. The monoisotopic (exact) mass is 403 g/mol. The lowest BCUT2D eigenvalue weighted by Crippen LogP contribution is -2.06. The molecule has 1 N–H and O–H groups in total. The third kappa shape index (κ3) is 3.19. The highest BCUT2D eigenvalue weighted by atomic mass is 32.2. The largest absolute Gasteiger partial charge is 0.492 e. The first-order valence-electron chi connectivity index (χ1n) is 9.09. The number of aromatic nitrogens is 6. The first kappa shape index (κ1) is 17.6. The van der Waals surface area contributed by atoms with Crippen molar-refractivity contribution in [3.8, 4) is 0 Å². The van der Waals surface area contributed by atoms with Gasteiger partial charge in [0.25, 0.3) is 0 Å². The summed E-state index contributed by atoms with van der Waals surface area (Å²) in [6.45, 7) is 7.05. The molecule has 0 atom stereocenters. The van der Waals surface area contributed by atoms with Gasteiger partial charge in [0.05, 0.1) is 18.6 Å². The zero-order valence-electron chi connectivity index (χ0n) is 15.7. The standard InChI is InChI=1S/C20H17N7OS/c1-3-28-12(2)16-17-18(24-10-23-16)25-11-27(17)9-13-4-5-15-14(8-13)26-19-20(29-15)22-7-6-21-19/h4-8,10-11H,2-3,9H2,1H3,(H,21,26). The lowest BCUT2D eigenvalue weighted by molar-refractivity contribution is 0.298. The van der Waals surface area contributed by atoms with Crippen molar-refractivity contribution in [3.63, 3.8) is 0 Å². The van der Waals surface area contributed by atoms with E-state index in [0.717, 1.165) is 32.5 Å². The molecule has 0 aliphatic carbocycles. The van der Waals surface area contributed by atoms with Crippen LogP contribution in [-0.4, -0.2) is 36.1 Å². The van der Waals surface area contributed by atoms with E-state index >= 15 is 0 Å². The molecule has 29 heavy (non-hydrogen) atoms. The van der Waals surface area contributed by atoms with Gasteiger partial charge in [-0.2, -0.15) is 0 Å². The lowest BCUT2D eigenvalue weighted by Gasteiger charge is -2.19. The van der Waals surface area contributed by atoms with Gasteiger partial charge in [0.15, 0.2) is 11.5 Å². The number of hydrogen-bond donors (Lipinski definition) is 1. The fourth-order valence-corrected chi connectivity index (χ4v) is 4.13. The summed E-state index contributed by atoms with van der Waals surface area (Å²) in [7, 11) is 0. The van der Waals surface area contributed by atoms with Gasteiger partial charge < -0.3 is 14.6 Å². The number of nitrogens with zero attached hydrogens (tertiary/aromatic N) is 6. The van der Waals surface area contributed by atoms with Crippen LogP contribution < -0.4 is 5.32 Å². The number of anilines is 2. The summed E-state index contributed by atoms with van der Waals surface area (Å²) in [4.78, 5) is 22.9. The third-order valence-electron chi connectivity index (χ3n) is 4.51. The molecule has 1 aliphatic heterocycles. The zero-order chi connectivity index (χ0) is 19.8. The van der Waals surface area contributed by atoms with Gasteiger partial charge in [0, 0.05) is 23.8 Å². The van der Waals surface area contributed by atoms with Gasteiger partial charge >= 0.3 is 0 Å². The molecule has 8 nitrogen and oxygen atoms in total. The van der Waals surface area contributed by atoms with Crippen molar-refractivity contribution < 1.29 is 4.74 Å². The third-order valence-corrected chi connectivity index (χ3v) is 5.58. The van der Waals surface area contributed by atoms with Crippen molar-refractivity contribution in [1.29, 1.82) is 0 Å². The molecule has 0 fully saturated rings. The van der Waals surface area contributed by atoms with Crippen molar-refractivity contribution >= 4 is 40.2 Å². The molecule has 1 aromatic carbocycles. The number of benzene rings is 1. The van der Waals surface area contributed by atoms with Crippen LogP contribution in [0.1, 0.15) is 18.2 Å². The van der Waals surface area contributed by atoms with Crippen molar-refractivity contribution in [3.05, 3.63) is 61.1 Å². The first-order valence-corrected chi connectivity index (χ1v) is 9.91. The van der Waals surface area contributed by atoms with Crippen LogP contribution in [-0.2, 0) is 11.3 Å². The van der Waals surface area contributed by atoms with Crippen LogP contribution in [0.5, 0.6) is 0 Å². The van der Waals surface area contributed by atoms with Crippen LogP contribution in [0.4, 0.5) is 11.5 Å². The smallest absolute Gasteiger partial charge is 0.181 e. The molecular formula is C20H17N7OS. The highest BCUT2D eigenvalue weighted by Gasteiger charge is 2.19. The molecule has 0 unspecified atom stereocenters. The van der Waals surface area contributed by atoms with Crippen LogP contribution in [0.2, 0.25) is 0 Å². The molecule has 0 saturated heterocycles. The van der Waals surface area contributed by atoms with Gasteiger partial charge in [-0.15, -0.1) is 0 Å². The van der Waals surface area contributed by atoms with Gasteiger partial charge in [-0.1, -0.05) is 24.4 Å². The van der Waals surface area contributed by atoms with Crippen LogP contribution >= 0.6 is 11.8 Å². The SMILES string of the molecule is C=C(OCC)c1ncnc2ncn(Cc3ccc4c(c3)Nc3nccnc3S4)c12. The number of nitrogens with one attached hydrogen (secondary N) is 1. The van der Waals surface area contributed by atoms with E-state index in [4.69, 9.17) is 4.74 Å². The molecule has 144 valence electrons. The quantitative estimate of drug-likeness (QED) is 0.442. The van der Waals surface area contributed by atoms with E-state index in [1.807, 2.05) is 11.5 Å². The highest BCUT2D eigenvalue weighted by Crippen LogP contribution is 2.42. The van der Waals surface area contributed by atoms with Gasteiger partial charge in [-0.05, 0) is 24.6 Å². The Bertz CT molecular complexity index is 1240. The minimum Gasteiger partial charge on any atom is -0.492 e. The molecule has 1 aliphatic rings. The average Bonchev–Trinajstić information content (AvgIpc) is 3.15. The Morgan fingerprint density at radius 2 is 2.07 bits per heavy atom. The minimum absolute atomic E-state index is 0.514. The van der Waals surface area contributed by atoms with Gasteiger partial charge in [0.1, 0.15) is 28.3 Å². The Morgan fingerprint density at radius 3 is 2.97 bits per heavy atom. The Labute approximate surface area is 171 Å². The summed E-state index contributed by atoms with van der Waals surface area (Å²) >= 11 is 1.61. The molecule has 4 aromatic rings. The van der Waals surface area contributed by atoms with E-state index in [-0.39, 0.29) is 0 Å². The van der Waals surface area contributed by atoms with E-state index in [0.29, 0.717) is 30.3 Å². The molecule has 0 radical (unpaired) electrons. The predicted molar refractivity (Wildman–Crippen MR) is 111 cm³/mol. The molecule has 0 spiro atoms. The van der Waals surface area contributed by atoms with Crippen LogP contribution in [0, 0.1) is 0 Å². The molecule has 3 aromatic heterocycles. The number of rotatable bonds is 5. The van der Waals surface area contributed by atoms with Crippen LogP contribution in [0.15, 0.2) is 59.7 Å². The Kier molecular flexibility index (Phi) is 4.36. The lowest BCUT2D eigenvalue weighted by atomic mass is 10.2. The molecule has 0 saturated carbocycles. The second-order valence-electron chi connectivity index (χ2n) is 6.39. The van der Waals surface area contributed by atoms with E-state index < -0.39 is 0 Å². The average molecular weight is 403 g/mol. The molecule has 0 bridgehead atoms. The normalized spacial score (nSPS) is 12.2. The van der Waals surface area contributed by atoms with Crippen LogP contribution in [0.3, 0.4) is 0 Å². The summed E-state index contributed by atoms with van der Waals surface area (Å²) < 4.78 is 7.58. The first-order chi connectivity index (χ1) is 14.2. The number of ether oxygens (including phenoxy) is 1. The Hall–Kier alpha value is -3.46. The summed E-state index contributed by atoms with van der Waals surface area (Å²) in [5, 5.41) is 4.25. The van der Waals surface area contributed by atoms with E-state index in [1.54, 1.807) is 30.5 Å². The van der Waals surface area contributed by atoms with E-state index in [1.165, 1.54) is 6.33 Å². The maximum atomic E-state index is 5.57. The fourth-order valence-electron chi connectivity index (χ4n) is 3.25. The number of hydrogen-bond acceptors (Lipinski definition) is 8. The second-order valence-corrected chi connectivity index (χ2v) is 7.42. The zero-order valence-corrected chi connectivity index (χ0v) is 16.5. The van der Waals surface area contributed by atoms with Crippen LogP contribution in [0.25, 0.3) is 16.9 Å². The van der Waals surface area contributed by atoms with Crippen molar-refractivity contribution in [2.24, 2.45) is 0 Å². The number of fused-ring (bicyclic) bond motifs is 3. The maximum Gasteiger partial charge on any atom is 0.181 e. The Morgan fingerprint density at radius 1 is 1.17 bits per heavy atom. The van der Waals surface area contributed by atoms with Crippen molar-refractivity contribution in [2.45, 2.75) is 23.4 Å². The molecule has 4 heterocycles. The van der Waals surface area contributed by atoms with Gasteiger partial charge in [0.2, 0.25) is 0 Å². The predicted octanol–water partition coefficient (Wildman–Crippen LogP) is 3.88. The van der Waals surface area contributed by atoms with E-state index in [9.17, 15) is 0 Å². The minimum atomic E-state index is 0.514. The maximum absolute atomic E-state index is 5.57. The van der Waals surface area contributed by atoms with Gasteiger partial charge in [-0.25, -0.2) is 24.9 Å². The summed E-state index contributed by atoms with van der Waals surface area (Å²) in [5.74, 6) is 1.29. The molecule has 5 rings (SSSR count). The van der Waals surface area contributed by atoms with Gasteiger partial charge in [-0.3, -0.25) is 0 Å². The highest BCUT2D eigenvalue weighted by molar-refractivity contribution is 7.99. The molecular weight excluding hydrogens is 386 g/mol. The van der Waals surface area contributed by atoms with E-state index in [2.05, 4.69) is 55.0 Å². The van der Waals surface area contributed by atoms with Crippen molar-refractivity contribution in [1.82, 2.24) is 29.5 Å². The fraction of sp³-hybridized carbons (Fsp3) is 0.150. The summed E-state index contributed by atoms with van der Waals surface area (Å²) in [6.07, 6.45) is 6.64. The summed E-state index contributed by atoms with van der Waals surface area (Å²) in [6, 6.07) is 6.31.